The third-order valence-corrected chi connectivity index (χ3v) is 5.61. The van der Waals surface area contributed by atoms with Crippen molar-refractivity contribution in [2.75, 3.05) is 18.5 Å². The lowest BCUT2D eigenvalue weighted by Crippen LogP contribution is -2.34. The van der Waals surface area contributed by atoms with Gasteiger partial charge >= 0.3 is 0 Å². The van der Waals surface area contributed by atoms with E-state index in [1.807, 2.05) is 0 Å². The molecule has 1 unspecified atom stereocenters. The highest BCUT2D eigenvalue weighted by Crippen LogP contribution is 2.30. The maximum Gasteiger partial charge on any atom is 0.280 e. The molecule has 0 aromatic carbocycles. The van der Waals surface area contributed by atoms with Crippen molar-refractivity contribution < 1.29 is 14.3 Å². The van der Waals surface area contributed by atoms with E-state index in [0.29, 0.717) is 41.1 Å². The Morgan fingerprint density at radius 2 is 2.07 bits per heavy atom. The van der Waals surface area contributed by atoms with Gasteiger partial charge in [-0.2, -0.15) is 0 Å². The minimum absolute atomic E-state index is 0.0133. The van der Waals surface area contributed by atoms with Crippen LogP contribution in [0.1, 0.15) is 29.1 Å². The van der Waals surface area contributed by atoms with Crippen molar-refractivity contribution in [1.29, 1.82) is 0 Å². The number of hydrogen-bond acceptors (Lipinski definition) is 7. The molecule has 0 spiro atoms. The highest BCUT2D eigenvalue weighted by Gasteiger charge is 2.30. The Balaban J connectivity index is 1.33. The van der Waals surface area contributed by atoms with E-state index in [-0.39, 0.29) is 23.8 Å². The lowest BCUT2D eigenvalue weighted by Gasteiger charge is -2.08. The van der Waals surface area contributed by atoms with E-state index in [1.165, 1.54) is 11.3 Å². The van der Waals surface area contributed by atoms with Crippen LogP contribution in [-0.4, -0.2) is 50.4 Å². The molecule has 4 heterocycles. The molecule has 2 aliphatic rings. The summed E-state index contributed by atoms with van der Waals surface area (Å²) in [7, 11) is 0. The minimum Gasteiger partial charge on any atom is -0.379 e. The number of hydrogen-bond donors (Lipinski definition) is 2. The first-order valence-electron chi connectivity index (χ1n) is 9.16. The number of anilines is 1. The molecule has 3 aromatic heterocycles. The maximum atomic E-state index is 12.3. The SMILES string of the molecule is O=C(NC1CCOC1)c1nc(-c2cn3cc(NC(=O)C4CC4)nc3cn2)cs1. The summed E-state index contributed by atoms with van der Waals surface area (Å²) in [6.45, 7) is 1.22. The van der Waals surface area contributed by atoms with E-state index >= 15 is 0 Å². The fourth-order valence-electron chi connectivity index (χ4n) is 3.06. The van der Waals surface area contributed by atoms with Crippen molar-refractivity contribution in [1.82, 2.24) is 24.7 Å². The minimum atomic E-state index is -0.194. The first-order valence-corrected chi connectivity index (χ1v) is 10.0. The summed E-state index contributed by atoms with van der Waals surface area (Å²) >= 11 is 1.28. The summed E-state index contributed by atoms with van der Waals surface area (Å²) in [5.74, 6) is 0.446. The number of carbonyl (C=O) groups is 2. The first kappa shape index (κ1) is 17.3. The van der Waals surface area contributed by atoms with Crippen LogP contribution in [0.4, 0.5) is 5.82 Å². The van der Waals surface area contributed by atoms with E-state index in [1.54, 1.807) is 28.4 Å². The van der Waals surface area contributed by atoms with Gasteiger partial charge in [-0.05, 0) is 19.3 Å². The van der Waals surface area contributed by atoms with E-state index in [4.69, 9.17) is 4.74 Å². The Morgan fingerprint density at radius 3 is 2.86 bits per heavy atom. The van der Waals surface area contributed by atoms with Crippen LogP contribution in [0.3, 0.4) is 0 Å². The van der Waals surface area contributed by atoms with Crippen LogP contribution in [0.25, 0.3) is 17.0 Å². The Morgan fingerprint density at radius 1 is 1.18 bits per heavy atom. The van der Waals surface area contributed by atoms with Crippen molar-refractivity contribution in [3.63, 3.8) is 0 Å². The second-order valence-corrected chi connectivity index (χ2v) is 7.86. The Bertz CT molecular complexity index is 1050. The third kappa shape index (κ3) is 3.48. The molecule has 1 aliphatic carbocycles. The highest BCUT2D eigenvalue weighted by atomic mass is 32.1. The Hall–Kier alpha value is -2.85. The lowest BCUT2D eigenvalue weighted by molar-refractivity contribution is -0.117. The van der Waals surface area contributed by atoms with Gasteiger partial charge < -0.3 is 19.8 Å². The number of aromatic nitrogens is 4. The second-order valence-electron chi connectivity index (χ2n) is 7.00. The van der Waals surface area contributed by atoms with E-state index in [2.05, 4.69) is 25.6 Å². The van der Waals surface area contributed by atoms with Crippen LogP contribution in [-0.2, 0) is 9.53 Å². The number of nitrogens with one attached hydrogen (secondary N) is 2. The number of fused-ring (bicyclic) bond motifs is 1. The average molecular weight is 398 g/mol. The first-order chi connectivity index (χ1) is 13.7. The molecule has 144 valence electrons. The molecule has 28 heavy (non-hydrogen) atoms. The van der Waals surface area contributed by atoms with Crippen molar-refractivity contribution >= 4 is 34.6 Å². The fraction of sp³-hybridized carbons (Fsp3) is 0.389. The molecular formula is C18H18N6O3S. The molecule has 1 atom stereocenters. The third-order valence-electron chi connectivity index (χ3n) is 4.77. The summed E-state index contributed by atoms with van der Waals surface area (Å²) in [5.41, 5.74) is 1.88. The molecule has 2 amide bonds. The van der Waals surface area contributed by atoms with Crippen LogP contribution in [0.2, 0.25) is 0 Å². The summed E-state index contributed by atoms with van der Waals surface area (Å²) in [6, 6.07) is 0.0459. The summed E-state index contributed by atoms with van der Waals surface area (Å²) in [5, 5.41) is 7.97. The molecule has 1 aliphatic heterocycles. The molecule has 5 rings (SSSR count). The van der Waals surface area contributed by atoms with Gasteiger partial charge in [0.05, 0.1) is 25.0 Å². The largest absolute Gasteiger partial charge is 0.379 e. The van der Waals surface area contributed by atoms with Crippen molar-refractivity contribution in [2.24, 2.45) is 5.92 Å². The quantitative estimate of drug-likeness (QED) is 0.677. The van der Waals surface area contributed by atoms with E-state index in [9.17, 15) is 9.59 Å². The zero-order valence-electron chi connectivity index (χ0n) is 14.9. The summed E-state index contributed by atoms with van der Waals surface area (Å²) < 4.78 is 7.07. The number of amides is 2. The number of ether oxygens (including phenoxy) is 1. The zero-order chi connectivity index (χ0) is 19.1. The van der Waals surface area contributed by atoms with Gasteiger partial charge in [-0.3, -0.25) is 9.59 Å². The van der Waals surface area contributed by atoms with E-state index in [0.717, 1.165) is 19.3 Å². The highest BCUT2D eigenvalue weighted by molar-refractivity contribution is 7.12. The molecule has 1 saturated carbocycles. The zero-order valence-corrected chi connectivity index (χ0v) is 15.7. The van der Waals surface area contributed by atoms with Gasteiger partial charge in [0.2, 0.25) is 5.91 Å². The molecular weight excluding hydrogens is 380 g/mol. The van der Waals surface area contributed by atoms with Crippen molar-refractivity contribution in [3.8, 4) is 11.4 Å². The summed E-state index contributed by atoms with van der Waals surface area (Å²) in [6.07, 6.45) is 7.87. The molecule has 3 aromatic rings. The van der Waals surface area contributed by atoms with Gasteiger partial charge in [-0.25, -0.2) is 15.0 Å². The van der Waals surface area contributed by atoms with Gasteiger partial charge in [0.25, 0.3) is 5.91 Å². The van der Waals surface area contributed by atoms with Gasteiger partial charge in [0.1, 0.15) is 11.4 Å². The van der Waals surface area contributed by atoms with Crippen LogP contribution < -0.4 is 10.6 Å². The van der Waals surface area contributed by atoms with Gasteiger partial charge in [0.15, 0.2) is 16.5 Å². The smallest absolute Gasteiger partial charge is 0.280 e. The second kappa shape index (κ2) is 6.95. The number of rotatable bonds is 5. The predicted octanol–water partition coefficient (Wildman–Crippen LogP) is 1.72. The van der Waals surface area contributed by atoms with Gasteiger partial charge in [-0.15, -0.1) is 11.3 Å². The fourth-order valence-corrected chi connectivity index (χ4v) is 3.77. The van der Waals surface area contributed by atoms with Gasteiger partial charge in [-0.1, -0.05) is 0 Å². The van der Waals surface area contributed by atoms with E-state index < -0.39 is 0 Å². The van der Waals surface area contributed by atoms with Crippen LogP contribution in [0.5, 0.6) is 0 Å². The van der Waals surface area contributed by atoms with Crippen molar-refractivity contribution in [3.05, 3.63) is 29.0 Å². The number of imidazole rings is 1. The number of carbonyl (C=O) groups excluding carboxylic acids is 2. The molecule has 0 radical (unpaired) electrons. The number of thiazole rings is 1. The predicted molar refractivity (Wildman–Crippen MR) is 102 cm³/mol. The molecule has 0 bridgehead atoms. The number of nitrogens with zero attached hydrogens (tertiary/aromatic N) is 4. The lowest BCUT2D eigenvalue weighted by atomic mass is 10.2. The molecule has 1 saturated heterocycles. The topological polar surface area (TPSA) is 111 Å². The van der Waals surface area contributed by atoms with Gasteiger partial charge in [0, 0.05) is 24.1 Å². The summed E-state index contributed by atoms with van der Waals surface area (Å²) in [4.78, 5) is 37.4. The van der Waals surface area contributed by atoms with Crippen LogP contribution in [0.15, 0.2) is 24.0 Å². The van der Waals surface area contributed by atoms with Crippen LogP contribution in [0, 0.1) is 5.92 Å². The normalized spacial score (nSPS) is 19.1. The molecule has 2 N–H and O–H groups in total. The van der Waals surface area contributed by atoms with Crippen molar-refractivity contribution in [2.45, 2.75) is 25.3 Å². The molecule has 10 heteroatoms. The average Bonchev–Trinajstić information content (AvgIpc) is 3.08. The molecule has 9 nitrogen and oxygen atoms in total. The Kier molecular flexibility index (Phi) is 4.29. The molecule has 2 fully saturated rings. The van der Waals surface area contributed by atoms with Crippen LogP contribution >= 0.6 is 11.3 Å². The standard InChI is InChI=1S/C18H18N6O3S/c25-16(10-1-2-10)23-14-7-24-6-12(19-5-15(24)22-14)13-9-28-18(21-13)17(26)20-11-3-4-27-8-11/h5-7,9-11H,1-4,8H2,(H,20,26)(H,23,25). The Labute approximate surface area is 164 Å². The maximum absolute atomic E-state index is 12.3. The monoisotopic (exact) mass is 398 g/mol.